The molecule has 3 N–H and O–H groups in total. The van der Waals surface area contributed by atoms with Gasteiger partial charge in [-0.05, 0) is 49.9 Å². The molecule has 2 rings (SSSR count). The highest BCUT2D eigenvalue weighted by molar-refractivity contribution is 5.95. The lowest BCUT2D eigenvalue weighted by Crippen LogP contribution is -2.42. The largest absolute Gasteiger partial charge is 0.368 e. The van der Waals surface area contributed by atoms with Crippen LogP contribution in [-0.4, -0.2) is 53.4 Å². The summed E-state index contributed by atoms with van der Waals surface area (Å²) in [6.07, 6.45) is 1.80. The topological polar surface area (TPSA) is 113 Å². The number of nitrogens with one attached hydrogen (secondary N) is 2. The first-order valence-electron chi connectivity index (χ1n) is 11.6. The number of aryl methyl sites for hydroxylation is 4. The number of rotatable bonds is 12. The second-order valence-corrected chi connectivity index (χ2v) is 7.90. The van der Waals surface area contributed by atoms with Crippen molar-refractivity contribution in [3.63, 3.8) is 0 Å². The average Bonchev–Trinajstić information content (AvgIpc) is 2.86. The van der Waals surface area contributed by atoms with Crippen molar-refractivity contribution in [3.05, 3.63) is 58.2 Å². The molecule has 0 aliphatic rings. The minimum Gasteiger partial charge on any atom is -0.368 e. The first-order valence-corrected chi connectivity index (χ1v) is 11.6. The molecule has 0 saturated carbocycles. The summed E-state index contributed by atoms with van der Waals surface area (Å²) in [4.78, 5) is 34.5. The normalized spacial score (nSPS) is 12.0. The zero-order valence-corrected chi connectivity index (χ0v) is 20.3. The molecule has 2 aromatic heterocycles. The van der Waals surface area contributed by atoms with Crippen molar-refractivity contribution in [2.75, 3.05) is 20.2 Å². The van der Waals surface area contributed by atoms with E-state index in [0.717, 1.165) is 48.5 Å². The molecule has 8 heteroatoms. The highest BCUT2D eigenvalue weighted by atomic mass is 16.6. The highest BCUT2D eigenvalue weighted by Gasteiger charge is 2.22. The van der Waals surface area contributed by atoms with Crippen molar-refractivity contribution in [1.82, 2.24) is 20.6 Å². The molecule has 2 amide bonds. The van der Waals surface area contributed by atoms with Gasteiger partial charge in [0.2, 0.25) is 0 Å². The third kappa shape index (κ3) is 7.61. The zero-order chi connectivity index (χ0) is 24.4. The van der Waals surface area contributed by atoms with Crippen LogP contribution in [0.5, 0.6) is 0 Å². The van der Waals surface area contributed by atoms with Crippen LogP contribution < -0.4 is 10.6 Å². The number of ether oxygens (including phenoxy) is 1. The van der Waals surface area contributed by atoms with Crippen LogP contribution >= 0.6 is 0 Å². The Morgan fingerprint density at radius 2 is 1.12 bits per heavy atom. The van der Waals surface area contributed by atoms with Crippen molar-refractivity contribution < 1.29 is 19.4 Å². The number of hydrogen-bond donors (Lipinski definition) is 3. The van der Waals surface area contributed by atoms with E-state index < -0.39 is 12.2 Å². The first-order chi connectivity index (χ1) is 15.8. The van der Waals surface area contributed by atoms with Crippen molar-refractivity contribution in [2.45, 2.75) is 59.7 Å². The Labute approximate surface area is 196 Å². The maximum Gasteiger partial charge on any atom is 0.251 e. The van der Waals surface area contributed by atoms with Crippen LogP contribution in [0.2, 0.25) is 0 Å². The molecule has 1 atom stereocenters. The van der Waals surface area contributed by atoms with E-state index in [-0.39, 0.29) is 24.9 Å². The zero-order valence-electron chi connectivity index (χ0n) is 20.3. The smallest absolute Gasteiger partial charge is 0.251 e. The SMILES string of the molecule is CCc1cc(C(=O)NCC(CNC(=O)c2cc(CC)nc(CC)c2)C(O)OC)cc(CC)n1. The van der Waals surface area contributed by atoms with Gasteiger partial charge in [0, 0.05) is 60.0 Å². The Morgan fingerprint density at radius 1 is 0.788 bits per heavy atom. The highest BCUT2D eigenvalue weighted by Crippen LogP contribution is 2.11. The molecule has 0 fully saturated rings. The van der Waals surface area contributed by atoms with Gasteiger partial charge in [0.05, 0.1) is 0 Å². The van der Waals surface area contributed by atoms with Gasteiger partial charge < -0.3 is 20.5 Å². The third-order valence-corrected chi connectivity index (χ3v) is 5.53. The number of aliphatic hydroxyl groups is 1. The van der Waals surface area contributed by atoms with Crippen LogP contribution in [0.3, 0.4) is 0 Å². The van der Waals surface area contributed by atoms with Crippen LogP contribution in [0, 0.1) is 5.92 Å². The molecule has 0 radical (unpaired) electrons. The van der Waals surface area contributed by atoms with Crippen LogP contribution in [0.1, 0.15) is 71.2 Å². The lowest BCUT2D eigenvalue weighted by molar-refractivity contribution is -0.109. The van der Waals surface area contributed by atoms with Crippen molar-refractivity contribution in [2.24, 2.45) is 5.92 Å². The minimum absolute atomic E-state index is 0.135. The molecule has 2 heterocycles. The Bertz CT molecular complexity index is 832. The summed E-state index contributed by atoms with van der Waals surface area (Å²) in [5, 5.41) is 16.0. The molecule has 0 aliphatic carbocycles. The van der Waals surface area contributed by atoms with E-state index in [1.54, 1.807) is 24.3 Å². The predicted molar refractivity (Wildman–Crippen MR) is 127 cm³/mol. The number of nitrogens with zero attached hydrogens (tertiary/aromatic N) is 2. The summed E-state index contributed by atoms with van der Waals surface area (Å²) in [5.74, 6) is -1.04. The molecular formula is C25H36N4O4. The molecule has 0 bridgehead atoms. The molecule has 0 spiro atoms. The summed E-state index contributed by atoms with van der Waals surface area (Å²) in [6, 6.07) is 7.10. The van der Waals surface area contributed by atoms with Crippen LogP contribution in [0.4, 0.5) is 0 Å². The van der Waals surface area contributed by atoms with Crippen LogP contribution in [0.15, 0.2) is 24.3 Å². The molecule has 1 unspecified atom stereocenters. The quantitative estimate of drug-likeness (QED) is 0.423. The summed E-state index contributed by atoms with van der Waals surface area (Å²) in [7, 11) is 1.38. The monoisotopic (exact) mass is 456 g/mol. The van der Waals surface area contributed by atoms with Crippen LogP contribution in [0.25, 0.3) is 0 Å². The average molecular weight is 457 g/mol. The van der Waals surface area contributed by atoms with Gasteiger partial charge in [-0.3, -0.25) is 19.6 Å². The van der Waals surface area contributed by atoms with Gasteiger partial charge in [-0.1, -0.05) is 27.7 Å². The fourth-order valence-corrected chi connectivity index (χ4v) is 3.40. The number of methoxy groups -OCH3 is 1. The number of aromatic nitrogens is 2. The molecule has 0 aromatic carbocycles. The molecular weight excluding hydrogens is 420 g/mol. The van der Waals surface area contributed by atoms with Gasteiger partial charge in [-0.25, -0.2) is 0 Å². The Kier molecular flexibility index (Phi) is 10.4. The second kappa shape index (κ2) is 13.0. The van der Waals surface area contributed by atoms with Crippen molar-refractivity contribution >= 4 is 11.8 Å². The summed E-state index contributed by atoms with van der Waals surface area (Å²) >= 11 is 0. The van der Waals surface area contributed by atoms with Gasteiger partial charge in [0.25, 0.3) is 11.8 Å². The number of carbonyl (C=O) groups is 2. The van der Waals surface area contributed by atoms with Crippen molar-refractivity contribution in [3.8, 4) is 0 Å². The fraction of sp³-hybridized carbons (Fsp3) is 0.520. The van der Waals surface area contributed by atoms with Crippen LogP contribution in [-0.2, 0) is 30.4 Å². The fourth-order valence-electron chi connectivity index (χ4n) is 3.40. The Hall–Kier alpha value is -2.84. The molecule has 180 valence electrons. The van der Waals surface area contributed by atoms with Gasteiger partial charge >= 0.3 is 0 Å². The summed E-state index contributed by atoms with van der Waals surface area (Å²) in [5.41, 5.74) is 4.49. The standard InChI is InChI=1S/C25H36N4O4/c1-6-19-10-16(11-20(7-2)28-19)23(30)26-14-18(25(32)33-5)15-27-24(31)17-12-21(8-3)29-22(9-4)13-17/h10-13,18,25,32H,6-9,14-15H2,1-5H3,(H,26,30)(H,27,31). The number of hydrogen-bond acceptors (Lipinski definition) is 6. The summed E-state index contributed by atoms with van der Waals surface area (Å²) < 4.78 is 5.07. The second-order valence-electron chi connectivity index (χ2n) is 7.90. The van der Waals surface area contributed by atoms with Gasteiger partial charge in [-0.15, -0.1) is 0 Å². The van der Waals surface area contributed by atoms with Gasteiger partial charge in [0.1, 0.15) is 0 Å². The van der Waals surface area contributed by atoms with Gasteiger partial charge in [-0.2, -0.15) is 0 Å². The van der Waals surface area contributed by atoms with E-state index in [0.29, 0.717) is 11.1 Å². The van der Waals surface area contributed by atoms with E-state index >= 15 is 0 Å². The minimum atomic E-state index is -1.14. The van der Waals surface area contributed by atoms with E-state index in [4.69, 9.17) is 4.74 Å². The number of amides is 2. The molecule has 0 saturated heterocycles. The molecule has 8 nitrogen and oxygen atoms in total. The maximum absolute atomic E-state index is 12.7. The van der Waals surface area contributed by atoms with Gasteiger partial charge in [0.15, 0.2) is 6.29 Å². The third-order valence-electron chi connectivity index (χ3n) is 5.53. The summed E-state index contributed by atoms with van der Waals surface area (Å²) in [6.45, 7) is 8.24. The van der Waals surface area contributed by atoms with Crippen molar-refractivity contribution in [1.29, 1.82) is 0 Å². The lowest BCUT2D eigenvalue weighted by Gasteiger charge is -2.23. The Morgan fingerprint density at radius 3 is 1.39 bits per heavy atom. The Balaban J connectivity index is 2.05. The molecule has 33 heavy (non-hydrogen) atoms. The number of pyridine rings is 2. The molecule has 0 aliphatic heterocycles. The van der Waals surface area contributed by atoms with E-state index in [2.05, 4.69) is 20.6 Å². The maximum atomic E-state index is 12.7. The molecule has 2 aromatic rings. The predicted octanol–water partition coefficient (Wildman–Crippen LogP) is 2.47. The number of aliphatic hydroxyl groups excluding tert-OH is 1. The number of carbonyl (C=O) groups excluding carboxylic acids is 2. The lowest BCUT2D eigenvalue weighted by atomic mass is 10.1. The van der Waals surface area contributed by atoms with E-state index in [9.17, 15) is 14.7 Å². The van der Waals surface area contributed by atoms with E-state index in [1.165, 1.54) is 7.11 Å². The first kappa shape index (κ1) is 26.4. The van der Waals surface area contributed by atoms with E-state index in [1.807, 2.05) is 27.7 Å².